The lowest BCUT2D eigenvalue weighted by Crippen LogP contribution is -2.36. The van der Waals surface area contributed by atoms with Crippen molar-refractivity contribution in [2.75, 3.05) is 6.54 Å². The van der Waals surface area contributed by atoms with E-state index in [1.807, 2.05) is 38.2 Å². The Morgan fingerprint density at radius 1 is 1.00 bits per heavy atom. The van der Waals surface area contributed by atoms with Crippen molar-refractivity contribution in [2.24, 2.45) is 7.05 Å². The third-order valence-electron chi connectivity index (χ3n) is 6.03. The Labute approximate surface area is 197 Å². The van der Waals surface area contributed by atoms with Gasteiger partial charge in [0.2, 0.25) is 15.9 Å². The average molecular weight is 478 g/mol. The molecular formula is C24H23N5O4S. The van der Waals surface area contributed by atoms with E-state index in [0.29, 0.717) is 30.1 Å². The van der Waals surface area contributed by atoms with E-state index in [1.165, 1.54) is 35.5 Å². The fourth-order valence-corrected chi connectivity index (χ4v) is 5.50. The van der Waals surface area contributed by atoms with E-state index in [-0.39, 0.29) is 23.1 Å². The molecule has 174 valence electrons. The second kappa shape index (κ2) is 8.30. The molecule has 0 bridgehead atoms. The zero-order chi connectivity index (χ0) is 24.0. The minimum atomic E-state index is -3.76. The molecule has 0 amide bonds. The van der Waals surface area contributed by atoms with Crippen molar-refractivity contribution >= 4 is 15.8 Å². The van der Waals surface area contributed by atoms with Crippen LogP contribution in [-0.2, 0) is 30.0 Å². The van der Waals surface area contributed by atoms with E-state index in [9.17, 15) is 13.2 Å². The predicted molar refractivity (Wildman–Crippen MR) is 124 cm³/mol. The lowest BCUT2D eigenvalue weighted by atomic mass is 10.1. The first kappa shape index (κ1) is 22.2. The number of rotatable bonds is 5. The summed E-state index contributed by atoms with van der Waals surface area (Å²) in [5, 5.41) is 12.9. The van der Waals surface area contributed by atoms with Crippen LogP contribution in [0, 0.1) is 6.92 Å². The van der Waals surface area contributed by atoms with Crippen LogP contribution in [0.15, 0.2) is 57.8 Å². The van der Waals surface area contributed by atoms with Crippen molar-refractivity contribution in [1.82, 2.24) is 24.3 Å². The Morgan fingerprint density at radius 2 is 1.68 bits per heavy atom. The Morgan fingerprint density at radius 3 is 2.35 bits per heavy atom. The van der Waals surface area contributed by atoms with E-state index in [2.05, 4.69) is 15.3 Å². The summed E-state index contributed by atoms with van der Waals surface area (Å²) in [6, 6.07) is 13.8. The molecule has 1 aliphatic rings. The number of aryl methyl sites for hydroxylation is 2. The highest BCUT2D eigenvalue weighted by Gasteiger charge is 2.33. The van der Waals surface area contributed by atoms with Crippen LogP contribution in [0.1, 0.15) is 34.1 Å². The molecule has 34 heavy (non-hydrogen) atoms. The average Bonchev–Trinajstić information content (AvgIpc) is 3.44. The lowest BCUT2D eigenvalue weighted by molar-refractivity contribution is 0.101. The molecule has 9 nitrogen and oxygen atoms in total. The molecule has 0 spiro atoms. The number of ketones is 1. The number of Topliss-reactive ketones (excluding diaryl/α,β-unsaturated/α-hetero) is 1. The number of aromatic nitrogens is 4. The molecule has 10 heteroatoms. The summed E-state index contributed by atoms with van der Waals surface area (Å²) < 4.78 is 35.7. The monoisotopic (exact) mass is 477 g/mol. The topological polar surface area (TPSA) is 111 Å². The molecule has 0 radical (unpaired) electrons. The van der Waals surface area contributed by atoms with Gasteiger partial charge >= 0.3 is 0 Å². The third-order valence-corrected chi connectivity index (χ3v) is 7.89. The number of carbonyl (C=O) groups excluding carboxylic acids is 1. The Bertz CT molecular complexity index is 1490. The molecule has 0 atom stereocenters. The maximum absolute atomic E-state index is 13.3. The summed E-state index contributed by atoms with van der Waals surface area (Å²) in [4.78, 5) is 11.7. The molecular weight excluding hydrogens is 454 g/mol. The molecule has 4 aromatic rings. The van der Waals surface area contributed by atoms with Crippen molar-refractivity contribution in [3.8, 4) is 23.0 Å². The SMILES string of the molecule is CC(=O)c1ccc(S(=O)(=O)N2CCc3c(c(-c4nnc(-c5ccc(C)cc5)o4)nn3C)C2)cc1. The second-order valence-electron chi connectivity index (χ2n) is 8.35. The van der Waals surface area contributed by atoms with Crippen LogP contribution in [0.3, 0.4) is 0 Å². The highest BCUT2D eigenvalue weighted by molar-refractivity contribution is 7.89. The fourth-order valence-electron chi connectivity index (χ4n) is 4.09. The van der Waals surface area contributed by atoms with E-state index in [4.69, 9.17) is 4.42 Å². The van der Waals surface area contributed by atoms with Gasteiger partial charge in [-0.3, -0.25) is 9.48 Å². The minimum absolute atomic E-state index is 0.115. The molecule has 0 fully saturated rings. The summed E-state index contributed by atoms with van der Waals surface area (Å²) in [5.41, 5.74) is 4.55. The second-order valence-corrected chi connectivity index (χ2v) is 10.3. The first-order valence-electron chi connectivity index (χ1n) is 10.8. The number of sulfonamides is 1. The van der Waals surface area contributed by atoms with Crippen molar-refractivity contribution in [3.05, 3.63) is 70.9 Å². The number of fused-ring (bicyclic) bond motifs is 1. The van der Waals surface area contributed by atoms with Crippen molar-refractivity contribution < 1.29 is 17.6 Å². The van der Waals surface area contributed by atoms with Gasteiger partial charge in [-0.05, 0) is 38.1 Å². The summed E-state index contributed by atoms with van der Waals surface area (Å²) in [6.07, 6.45) is 0.503. The largest absolute Gasteiger partial charge is 0.415 e. The van der Waals surface area contributed by atoms with Crippen LogP contribution in [-0.4, -0.2) is 45.0 Å². The molecule has 0 saturated heterocycles. The van der Waals surface area contributed by atoms with Crippen molar-refractivity contribution in [2.45, 2.75) is 31.7 Å². The van der Waals surface area contributed by atoms with E-state index >= 15 is 0 Å². The van der Waals surface area contributed by atoms with Crippen molar-refractivity contribution in [1.29, 1.82) is 0 Å². The van der Waals surface area contributed by atoms with Gasteiger partial charge in [0.25, 0.3) is 5.89 Å². The van der Waals surface area contributed by atoms with Crippen LogP contribution in [0.4, 0.5) is 0 Å². The maximum atomic E-state index is 13.3. The van der Waals surface area contributed by atoms with Crippen LogP contribution in [0.2, 0.25) is 0 Å². The zero-order valence-electron chi connectivity index (χ0n) is 19.0. The van der Waals surface area contributed by atoms with Gasteiger partial charge in [0, 0.05) is 48.9 Å². The molecule has 0 unspecified atom stereocenters. The van der Waals surface area contributed by atoms with Crippen LogP contribution >= 0.6 is 0 Å². The van der Waals surface area contributed by atoms with Crippen LogP contribution in [0.25, 0.3) is 23.0 Å². The molecule has 3 heterocycles. The Kier molecular flexibility index (Phi) is 5.41. The normalized spacial score (nSPS) is 14.2. The summed E-state index contributed by atoms with van der Waals surface area (Å²) in [6.45, 7) is 3.90. The highest BCUT2D eigenvalue weighted by atomic mass is 32.2. The van der Waals surface area contributed by atoms with Gasteiger partial charge < -0.3 is 4.42 Å². The molecule has 2 aromatic carbocycles. The van der Waals surface area contributed by atoms with Gasteiger partial charge in [0.05, 0.1) is 4.90 Å². The molecule has 0 N–H and O–H groups in total. The lowest BCUT2D eigenvalue weighted by Gasteiger charge is -2.26. The molecule has 2 aromatic heterocycles. The number of carbonyl (C=O) groups is 1. The quantitative estimate of drug-likeness (QED) is 0.405. The van der Waals surface area contributed by atoms with Crippen LogP contribution in [0.5, 0.6) is 0 Å². The maximum Gasteiger partial charge on any atom is 0.268 e. The number of benzene rings is 2. The van der Waals surface area contributed by atoms with E-state index in [0.717, 1.165) is 22.4 Å². The van der Waals surface area contributed by atoms with Gasteiger partial charge in [-0.25, -0.2) is 8.42 Å². The Hall–Kier alpha value is -3.63. The molecule has 5 rings (SSSR count). The van der Waals surface area contributed by atoms with E-state index < -0.39 is 10.0 Å². The fraction of sp³-hybridized carbons (Fsp3) is 0.250. The summed E-state index contributed by atoms with van der Waals surface area (Å²) in [7, 11) is -1.94. The summed E-state index contributed by atoms with van der Waals surface area (Å²) in [5.74, 6) is 0.508. The molecule has 0 saturated carbocycles. The molecule has 1 aliphatic heterocycles. The highest BCUT2D eigenvalue weighted by Crippen LogP contribution is 2.33. The third kappa shape index (κ3) is 3.84. The standard InChI is InChI=1S/C24H23N5O4S/c1-15-4-6-18(7-5-15)23-25-26-24(33-23)22-20-14-29(13-12-21(20)28(3)27-22)34(31,32)19-10-8-17(9-11-19)16(2)30/h4-11H,12-14H2,1-3H3. The van der Waals surface area contributed by atoms with Gasteiger partial charge in [-0.15, -0.1) is 10.2 Å². The number of hydrogen-bond donors (Lipinski definition) is 0. The smallest absolute Gasteiger partial charge is 0.268 e. The minimum Gasteiger partial charge on any atom is -0.415 e. The van der Waals surface area contributed by atoms with E-state index in [1.54, 1.807) is 4.68 Å². The first-order valence-corrected chi connectivity index (χ1v) is 12.2. The summed E-state index contributed by atoms with van der Waals surface area (Å²) >= 11 is 0. The zero-order valence-corrected chi connectivity index (χ0v) is 19.8. The van der Waals surface area contributed by atoms with Crippen LogP contribution < -0.4 is 0 Å². The predicted octanol–water partition coefficient (Wildman–Crippen LogP) is 3.40. The van der Waals surface area contributed by atoms with Gasteiger partial charge in [-0.1, -0.05) is 29.8 Å². The Balaban J connectivity index is 1.46. The molecule has 0 aliphatic carbocycles. The van der Waals surface area contributed by atoms with Crippen molar-refractivity contribution in [3.63, 3.8) is 0 Å². The van der Waals surface area contributed by atoms with Gasteiger partial charge in [0.1, 0.15) is 0 Å². The van der Waals surface area contributed by atoms with Gasteiger partial charge in [-0.2, -0.15) is 9.40 Å². The van der Waals surface area contributed by atoms with Gasteiger partial charge in [0.15, 0.2) is 11.5 Å². The first-order chi connectivity index (χ1) is 16.2. The number of nitrogens with zero attached hydrogens (tertiary/aromatic N) is 5. The number of hydrogen-bond acceptors (Lipinski definition) is 7.